The number of carbonyl (C=O) groups is 1. The minimum Gasteiger partial charge on any atom is -0.493 e. The molecule has 0 heterocycles. The second-order valence-electron chi connectivity index (χ2n) is 4.84. The van der Waals surface area contributed by atoms with Gasteiger partial charge in [0.1, 0.15) is 0 Å². The van der Waals surface area contributed by atoms with Gasteiger partial charge in [-0.3, -0.25) is 4.79 Å². The molecule has 1 saturated carbocycles. The predicted molar refractivity (Wildman–Crippen MR) is 76.4 cm³/mol. The van der Waals surface area contributed by atoms with Crippen LogP contribution >= 0.6 is 15.9 Å². The molecule has 0 bridgehead atoms. The average molecular weight is 328 g/mol. The number of rotatable bonds is 5. The van der Waals surface area contributed by atoms with Crippen LogP contribution in [0.5, 0.6) is 11.5 Å². The zero-order valence-corrected chi connectivity index (χ0v) is 12.9. The first-order valence-corrected chi connectivity index (χ1v) is 7.04. The monoisotopic (exact) mass is 327 g/mol. The maximum absolute atomic E-state index is 11.8. The highest BCUT2D eigenvalue weighted by molar-refractivity contribution is 9.10. The fourth-order valence-corrected chi connectivity index (χ4v) is 2.50. The van der Waals surface area contributed by atoms with Crippen LogP contribution in [0.4, 0.5) is 0 Å². The van der Waals surface area contributed by atoms with E-state index in [1.807, 2.05) is 12.1 Å². The number of halogens is 1. The lowest BCUT2D eigenvalue weighted by molar-refractivity contribution is -0.122. The number of hydrogen-bond acceptors (Lipinski definition) is 3. The fourth-order valence-electron chi connectivity index (χ4n) is 2.03. The quantitative estimate of drug-likeness (QED) is 0.904. The van der Waals surface area contributed by atoms with Crippen molar-refractivity contribution in [3.63, 3.8) is 0 Å². The Hall–Kier alpha value is -1.23. The van der Waals surface area contributed by atoms with E-state index in [0.29, 0.717) is 24.0 Å². The summed E-state index contributed by atoms with van der Waals surface area (Å²) in [7, 11) is 3.19. The first-order chi connectivity index (χ1) is 9.06. The molecule has 1 amide bonds. The Labute approximate surface area is 121 Å². The Balaban J connectivity index is 2.05. The molecule has 2 atom stereocenters. The van der Waals surface area contributed by atoms with E-state index < -0.39 is 0 Å². The Morgan fingerprint density at radius 2 is 1.95 bits per heavy atom. The largest absolute Gasteiger partial charge is 0.493 e. The maximum atomic E-state index is 11.8. The maximum Gasteiger partial charge on any atom is 0.223 e. The summed E-state index contributed by atoms with van der Waals surface area (Å²) in [5.41, 5.74) is 0.972. The third-order valence-electron chi connectivity index (χ3n) is 3.45. The molecule has 19 heavy (non-hydrogen) atoms. The normalized spacial score (nSPS) is 20.8. The van der Waals surface area contributed by atoms with Gasteiger partial charge in [0.15, 0.2) is 11.5 Å². The molecule has 1 fully saturated rings. The molecule has 0 radical (unpaired) electrons. The average Bonchev–Trinajstić information content (AvgIpc) is 3.13. The lowest BCUT2D eigenvalue weighted by atomic mass is 10.2. The molecule has 1 aliphatic carbocycles. The second kappa shape index (κ2) is 5.82. The first kappa shape index (κ1) is 14.2. The smallest absolute Gasteiger partial charge is 0.223 e. The van der Waals surface area contributed by atoms with E-state index in [0.717, 1.165) is 16.5 Å². The number of hydrogen-bond donors (Lipinski definition) is 1. The van der Waals surface area contributed by atoms with Gasteiger partial charge >= 0.3 is 0 Å². The summed E-state index contributed by atoms with van der Waals surface area (Å²) >= 11 is 3.48. The van der Waals surface area contributed by atoms with Gasteiger partial charge in [0.25, 0.3) is 0 Å². The molecule has 1 aromatic rings. The van der Waals surface area contributed by atoms with Crippen LogP contribution in [0.15, 0.2) is 16.6 Å². The van der Waals surface area contributed by atoms with E-state index in [1.165, 1.54) is 0 Å². The summed E-state index contributed by atoms with van der Waals surface area (Å²) in [6.45, 7) is 2.58. The molecular formula is C14H18BrNO3. The molecule has 0 aliphatic heterocycles. The van der Waals surface area contributed by atoms with Gasteiger partial charge in [-0.05, 0) is 30.0 Å². The molecule has 0 spiro atoms. The molecule has 0 aromatic heterocycles. The van der Waals surface area contributed by atoms with Crippen molar-refractivity contribution < 1.29 is 14.3 Å². The highest BCUT2D eigenvalue weighted by Crippen LogP contribution is 2.38. The van der Waals surface area contributed by atoms with Gasteiger partial charge < -0.3 is 14.8 Å². The molecule has 1 N–H and O–H groups in total. The van der Waals surface area contributed by atoms with E-state index in [-0.39, 0.29) is 11.8 Å². The van der Waals surface area contributed by atoms with Crippen LogP contribution in [0.25, 0.3) is 0 Å². The van der Waals surface area contributed by atoms with Crippen molar-refractivity contribution in [2.45, 2.75) is 19.9 Å². The number of ether oxygens (including phenoxy) is 2. The second-order valence-corrected chi connectivity index (χ2v) is 5.69. The van der Waals surface area contributed by atoms with Crippen molar-refractivity contribution in [1.29, 1.82) is 0 Å². The number of amides is 1. The van der Waals surface area contributed by atoms with Crippen LogP contribution in [0.3, 0.4) is 0 Å². The summed E-state index contributed by atoms with van der Waals surface area (Å²) in [6.07, 6.45) is 0.999. The zero-order chi connectivity index (χ0) is 14.0. The van der Waals surface area contributed by atoms with Crippen molar-refractivity contribution in [2.75, 3.05) is 14.2 Å². The van der Waals surface area contributed by atoms with E-state index in [2.05, 4.69) is 28.2 Å². The van der Waals surface area contributed by atoms with Crippen LogP contribution in [0, 0.1) is 11.8 Å². The Bertz CT molecular complexity index is 490. The van der Waals surface area contributed by atoms with Gasteiger partial charge in [-0.2, -0.15) is 0 Å². The summed E-state index contributed by atoms with van der Waals surface area (Å²) in [6, 6.07) is 3.72. The predicted octanol–water partition coefficient (Wildman–Crippen LogP) is 2.74. The lowest BCUT2D eigenvalue weighted by Gasteiger charge is -2.12. The molecule has 5 heteroatoms. The van der Waals surface area contributed by atoms with Crippen LogP contribution < -0.4 is 14.8 Å². The van der Waals surface area contributed by atoms with Gasteiger partial charge in [0.05, 0.1) is 14.2 Å². The molecule has 104 valence electrons. The molecule has 1 aliphatic rings. The Morgan fingerprint density at radius 3 is 2.47 bits per heavy atom. The standard InChI is InChI=1S/C14H18BrNO3/c1-8-4-10(8)14(17)16-7-9-5-12(18-2)13(19-3)6-11(9)15/h5-6,8,10H,4,7H2,1-3H3,(H,16,17)/t8-,10+/m1/s1. The molecule has 2 rings (SSSR count). The summed E-state index contributed by atoms with van der Waals surface area (Å²) in [4.78, 5) is 11.8. The number of methoxy groups -OCH3 is 2. The first-order valence-electron chi connectivity index (χ1n) is 6.25. The minimum absolute atomic E-state index is 0.134. The van der Waals surface area contributed by atoms with Crippen molar-refractivity contribution in [3.05, 3.63) is 22.2 Å². The Kier molecular flexibility index (Phi) is 4.34. The summed E-state index contributed by atoms with van der Waals surface area (Å²) in [5, 5.41) is 2.96. The number of nitrogens with one attached hydrogen (secondary N) is 1. The van der Waals surface area contributed by atoms with Gasteiger partial charge in [0.2, 0.25) is 5.91 Å². The fraction of sp³-hybridized carbons (Fsp3) is 0.500. The minimum atomic E-state index is 0.134. The van der Waals surface area contributed by atoms with Crippen molar-refractivity contribution >= 4 is 21.8 Å². The number of benzene rings is 1. The van der Waals surface area contributed by atoms with Gasteiger partial charge in [0, 0.05) is 16.9 Å². The van der Waals surface area contributed by atoms with Crippen LogP contribution in [-0.4, -0.2) is 20.1 Å². The highest BCUT2D eigenvalue weighted by Gasteiger charge is 2.38. The highest BCUT2D eigenvalue weighted by atomic mass is 79.9. The summed E-state index contributed by atoms with van der Waals surface area (Å²) < 4.78 is 11.4. The van der Waals surface area contributed by atoms with Crippen LogP contribution in [0.1, 0.15) is 18.9 Å². The lowest BCUT2D eigenvalue weighted by Crippen LogP contribution is -2.25. The molecule has 0 saturated heterocycles. The molecule has 4 nitrogen and oxygen atoms in total. The van der Waals surface area contributed by atoms with Crippen molar-refractivity contribution in [1.82, 2.24) is 5.32 Å². The Morgan fingerprint density at radius 1 is 1.37 bits per heavy atom. The van der Waals surface area contributed by atoms with E-state index in [9.17, 15) is 4.79 Å². The van der Waals surface area contributed by atoms with Crippen LogP contribution in [-0.2, 0) is 11.3 Å². The third-order valence-corrected chi connectivity index (χ3v) is 4.19. The summed E-state index contributed by atoms with van der Waals surface area (Å²) in [5.74, 6) is 2.18. The van der Waals surface area contributed by atoms with Gasteiger partial charge in [-0.25, -0.2) is 0 Å². The molecule has 1 aromatic carbocycles. The van der Waals surface area contributed by atoms with Gasteiger partial charge in [-0.15, -0.1) is 0 Å². The van der Waals surface area contributed by atoms with Crippen molar-refractivity contribution in [2.24, 2.45) is 11.8 Å². The van der Waals surface area contributed by atoms with E-state index in [1.54, 1.807) is 14.2 Å². The molecular weight excluding hydrogens is 310 g/mol. The van der Waals surface area contributed by atoms with Crippen molar-refractivity contribution in [3.8, 4) is 11.5 Å². The van der Waals surface area contributed by atoms with E-state index >= 15 is 0 Å². The topological polar surface area (TPSA) is 47.6 Å². The molecule has 0 unspecified atom stereocenters. The zero-order valence-electron chi connectivity index (χ0n) is 11.3. The third kappa shape index (κ3) is 3.21. The van der Waals surface area contributed by atoms with E-state index in [4.69, 9.17) is 9.47 Å². The van der Waals surface area contributed by atoms with Crippen LogP contribution in [0.2, 0.25) is 0 Å². The number of carbonyl (C=O) groups excluding carboxylic acids is 1. The SMILES string of the molecule is COc1cc(Br)c(CNC(=O)[C@H]2C[C@H]2C)cc1OC. The van der Waals surface area contributed by atoms with Gasteiger partial charge in [-0.1, -0.05) is 22.9 Å².